The lowest BCUT2D eigenvalue weighted by Crippen LogP contribution is -2.38. The van der Waals surface area contributed by atoms with Gasteiger partial charge in [-0.05, 0) is 49.2 Å². The van der Waals surface area contributed by atoms with E-state index in [0.717, 1.165) is 50.4 Å². The molecule has 0 radical (unpaired) electrons. The van der Waals surface area contributed by atoms with E-state index in [-0.39, 0.29) is 24.3 Å². The van der Waals surface area contributed by atoms with Crippen molar-refractivity contribution < 1.29 is 19.1 Å². The van der Waals surface area contributed by atoms with E-state index in [0.29, 0.717) is 23.2 Å². The number of morpholine rings is 1. The van der Waals surface area contributed by atoms with Gasteiger partial charge in [-0.15, -0.1) is 0 Å². The first-order chi connectivity index (χ1) is 15.0. The van der Waals surface area contributed by atoms with Crippen LogP contribution in [0.25, 0.3) is 0 Å². The summed E-state index contributed by atoms with van der Waals surface area (Å²) < 4.78 is 5.34. The van der Waals surface area contributed by atoms with Crippen molar-refractivity contribution in [2.24, 2.45) is 0 Å². The van der Waals surface area contributed by atoms with Crippen molar-refractivity contribution in [3.8, 4) is 0 Å². The monoisotopic (exact) mass is 421 g/mol. The zero-order chi connectivity index (χ0) is 21.8. The molecule has 2 aliphatic rings. The highest BCUT2D eigenvalue weighted by Gasteiger charge is 2.36. The summed E-state index contributed by atoms with van der Waals surface area (Å²) in [7, 11) is 0. The van der Waals surface area contributed by atoms with Crippen molar-refractivity contribution in [3.63, 3.8) is 0 Å². The first-order valence-corrected chi connectivity index (χ1v) is 10.7. The molecule has 2 aliphatic heterocycles. The van der Waals surface area contributed by atoms with Crippen LogP contribution in [-0.4, -0.2) is 66.9 Å². The average molecular weight is 421 g/mol. The van der Waals surface area contributed by atoms with Crippen LogP contribution in [0, 0.1) is 6.92 Å². The molecule has 3 amide bonds. The first-order valence-electron chi connectivity index (χ1n) is 10.7. The highest BCUT2D eigenvalue weighted by Crippen LogP contribution is 2.26. The molecule has 31 heavy (non-hydrogen) atoms. The van der Waals surface area contributed by atoms with Crippen LogP contribution in [0.5, 0.6) is 0 Å². The van der Waals surface area contributed by atoms with Gasteiger partial charge in [0.1, 0.15) is 0 Å². The Kier molecular flexibility index (Phi) is 6.44. The Bertz CT molecular complexity index is 998. The Hall–Kier alpha value is -3.03. The van der Waals surface area contributed by atoms with E-state index in [1.54, 1.807) is 12.1 Å². The topological polar surface area (TPSA) is 79.0 Å². The van der Waals surface area contributed by atoms with E-state index in [4.69, 9.17) is 4.74 Å². The maximum Gasteiger partial charge on any atom is 0.261 e. The van der Waals surface area contributed by atoms with Gasteiger partial charge < -0.3 is 10.1 Å². The average Bonchev–Trinajstić information content (AvgIpc) is 3.03. The van der Waals surface area contributed by atoms with E-state index in [2.05, 4.69) is 10.2 Å². The van der Waals surface area contributed by atoms with Gasteiger partial charge in [0.2, 0.25) is 0 Å². The molecule has 0 saturated carbocycles. The van der Waals surface area contributed by atoms with Gasteiger partial charge in [-0.2, -0.15) is 0 Å². The standard InChI is InChI=1S/C24H27N3O4/c1-17-5-2-3-6-19(17)16-27-23(29)20-8-7-18(15-21(20)24(27)30)22(28)25-9-4-10-26-11-13-31-14-12-26/h2-3,5-8,15H,4,9-14,16H2,1H3,(H,25,28). The Labute approximate surface area is 182 Å². The lowest BCUT2D eigenvalue weighted by Gasteiger charge is -2.26. The smallest absolute Gasteiger partial charge is 0.261 e. The minimum Gasteiger partial charge on any atom is -0.379 e. The highest BCUT2D eigenvalue weighted by molar-refractivity contribution is 6.22. The number of benzene rings is 2. The first kappa shape index (κ1) is 21.2. The maximum atomic E-state index is 12.9. The maximum absolute atomic E-state index is 12.9. The molecular formula is C24H27N3O4. The number of amides is 3. The predicted molar refractivity (Wildman–Crippen MR) is 116 cm³/mol. The third-order valence-electron chi connectivity index (χ3n) is 5.86. The van der Waals surface area contributed by atoms with Crippen LogP contribution < -0.4 is 5.32 Å². The normalized spacial score (nSPS) is 16.5. The third kappa shape index (κ3) is 4.68. The summed E-state index contributed by atoms with van der Waals surface area (Å²) >= 11 is 0. The van der Waals surface area contributed by atoms with Crippen molar-refractivity contribution in [2.45, 2.75) is 19.9 Å². The van der Waals surface area contributed by atoms with Gasteiger partial charge in [0.05, 0.1) is 30.9 Å². The molecule has 0 aromatic heterocycles. The second kappa shape index (κ2) is 9.41. The number of carbonyl (C=O) groups excluding carboxylic acids is 3. The van der Waals surface area contributed by atoms with Crippen LogP contribution in [0.15, 0.2) is 42.5 Å². The number of nitrogens with one attached hydrogen (secondary N) is 1. The van der Waals surface area contributed by atoms with Crippen molar-refractivity contribution in [1.29, 1.82) is 0 Å². The van der Waals surface area contributed by atoms with Gasteiger partial charge in [-0.1, -0.05) is 24.3 Å². The van der Waals surface area contributed by atoms with Gasteiger partial charge in [0.15, 0.2) is 0 Å². The number of imide groups is 1. The second-order valence-corrected chi connectivity index (χ2v) is 7.95. The van der Waals surface area contributed by atoms with Crippen LogP contribution in [0.4, 0.5) is 0 Å². The van der Waals surface area contributed by atoms with E-state index >= 15 is 0 Å². The zero-order valence-electron chi connectivity index (χ0n) is 17.7. The molecule has 1 saturated heterocycles. The molecule has 162 valence electrons. The van der Waals surface area contributed by atoms with E-state index in [1.807, 2.05) is 31.2 Å². The van der Waals surface area contributed by atoms with Gasteiger partial charge in [-0.3, -0.25) is 24.2 Å². The minimum absolute atomic E-state index is 0.224. The van der Waals surface area contributed by atoms with Gasteiger partial charge in [0.25, 0.3) is 17.7 Å². The summed E-state index contributed by atoms with van der Waals surface area (Å²) in [4.78, 5) is 41.8. The number of hydrogen-bond acceptors (Lipinski definition) is 5. The number of carbonyl (C=O) groups is 3. The molecule has 7 nitrogen and oxygen atoms in total. The van der Waals surface area contributed by atoms with Crippen LogP contribution >= 0.6 is 0 Å². The summed E-state index contributed by atoms with van der Waals surface area (Å²) in [6.07, 6.45) is 0.846. The second-order valence-electron chi connectivity index (χ2n) is 7.95. The number of nitrogens with zero attached hydrogens (tertiary/aromatic N) is 2. The van der Waals surface area contributed by atoms with Crippen LogP contribution in [0.2, 0.25) is 0 Å². The highest BCUT2D eigenvalue weighted by atomic mass is 16.5. The lowest BCUT2D eigenvalue weighted by atomic mass is 10.1. The molecule has 2 aromatic carbocycles. The minimum atomic E-state index is -0.356. The van der Waals surface area contributed by atoms with E-state index in [1.165, 1.54) is 11.0 Å². The number of fused-ring (bicyclic) bond motifs is 1. The summed E-state index contributed by atoms with van der Waals surface area (Å²) in [6.45, 7) is 7.01. The molecule has 0 aliphatic carbocycles. The fourth-order valence-corrected chi connectivity index (χ4v) is 3.96. The molecular weight excluding hydrogens is 394 g/mol. The summed E-state index contributed by atoms with van der Waals surface area (Å²) in [5, 5.41) is 2.91. The van der Waals surface area contributed by atoms with Crippen molar-refractivity contribution >= 4 is 17.7 Å². The van der Waals surface area contributed by atoms with Crippen molar-refractivity contribution in [3.05, 3.63) is 70.3 Å². The lowest BCUT2D eigenvalue weighted by molar-refractivity contribution is 0.0374. The molecule has 7 heteroatoms. The van der Waals surface area contributed by atoms with Crippen molar-refractivity contribution in [2.75, 3.05) is 39.4 Å². The zero-order valence-corrected chi connectivity index (χ0v) is 17.7. The number of ether oxygens (including phenoxy) is 1. The Balaban J connectivity index is 1.37. The van der Waals surface area contributed by atoms with Crippen molar-refractivity contribution in [1.82, 2.24) is 15.1 Å². The predicted octanol–water partition coefficient (Wildman–Crippen LogP) is 2.24. The SMILES string of the molecule is Cc1ccccc1CN1C(=O)c2ccc(C(=O)NCCCN3CCOCC3)cc2C1=O. The third-order valence-corrected chi connectivity index (χ3v) is 5.86. The quantitative estimate of drug-likeness (QED) is 0.548. The number of hydrogen-bond donors (Lipinski definition) is 1. The molecule has 0 unspecified atom stereocenters. The summed E-state index contributed by atoms with van der Waals surface area (Å²) in [5.41, 5.74) is 2.98. The fraction of sp³-hybridized carbons (Fsp3) is 0.375. The van der Waals surface area contributed by atoms with Crippen LogP contribution in [0.3, 0.4) is 0 Å². The fourth-order valence-electron chi connectivity index (χ4n) is 3.96. The van der Waals surface area contributed by atoms with Gasteiger partial charge >= 0.3 is 0 Å². The largest absolute Gasteiger partial charge is 0.379 e. The molecule has 0 spiro atoms. The van der Waals surface area contributed by atoms with Crippen LogP contribution in [0.1, 0.15) is 48.6 Å². The van der Waals surface area contributed by atoms with Gasteiger partial charge in [0, 0.05) is 25.2 Å². The molecule has 1 N–H and O–H groups in total. The summed E-state index contributed by atoms with van der Waals surface area (Å²) in [5.74, 6) is -0.909. The Morgan fingerprint density at radius 3 is 2.55 bits per heavy atom. The Morgan fingerprint density at radius 2 is 1.77 bits per heavy atom. The van der Waals surface area contributed by atoms with Crippen LogP contribution in [-0.2, 0) is 11.3 Å². The van der Waals surface area contributed by atoms with E-state index < -0.39 is 0 Å². The molecule has 1 fully saturated rings. The molecule has 2 heterocycles. The summed E-state index contributed by atoms with van der Waals surface area (Å²) in [6, 6.07) is 12.4. The van der Waals surface area contributed by atoms with E-state index in [9.17, 15) is 14.4 Å². The molecule has 4 rings (SSSR count). The molecule has 0 atom stereocenters. The Morgan fingerprint density at radius 1 is 1.03 bits per heavy atom. The number of aryl methyl sites for hydroxylation is 1. The number of rotatable bonds is 7. The van der Waals surface area contributed by atoms with Gasteiger partial charge in [-0.25, -0.2) is 0 Å². The molecule has 0 bridgehead atoms. The molecule has 2 aromatic rings.